The maximum absolute atomic E-state index is 13.7. The van der Waals surface area contributed by atoms with Gasteiger partial charge in [0.15, 0.2) is 9.71 Å². The van der Waals surface area contributed by atoms with E-state index in [1.165, 1.54) is 0 Å². The standard InChI is InChI=1S/C32H47IN4O7/c1-20-16-31(4,42-6)12-11-25(38)21(2)27-32(5,29(33)43-28(40)22(3)26(20)39)44-30(41)37(27)15-8-7-14-36-18-24(35-19-36)23-10-9-13-34-17-23/h9,13,17-23,26-27,29,39H,7-8,10-12,14-16H2,1-6H3/t20-,21+,22-,23?,26+,27-,29+,31-,32+/m1/s1. The molecule has 2 saturated heterocycles. The SMILES string of the molecule is CO[C@]1(C)CCC(=O)[C@H](C)[C@H]2N(CCCCn3cnc(C4C=NC=CC4)c3)C(=O)O[C@]2(C)[C@@H](I)OC(=O)[C@H](C)[C@@H](O)[C@H](C)C1. The molecule has 11 nitrogen and oxygen atoms in total. The van der Waals surface area contributed by atoms with E-state index < -0.39 is 51.4 Å². The average Bonchev–Trinajstić information content (AvgIpc) is 3.58. The van der Waals surface area contributed by atoms with Crippen molar-refractivity contribution in [2.75, 3.05) is 13.7 Å². The Morgan fingerprint density at radius 1 is 1.14 bits per heavy atom. The summed E-state index contributed by atoms with van der Waals surface area (Å²) in [7, 11) is 1.60. The van der Waals surface area contributed by atoms with E-state index >= 15 is 0 Å². The molecular formula is C32H47IN4O7. The number of unbranched alkanes of at least 4 members (excludes halogenated alkanes) is 1. The minimum Gasteiger partial charge on any atom is -0.447 e. The monoisotopic (exact) mass is 726 g/mol. The summed E-state index contributed by atoms with van der Waals surface area (Å²) < 4.78 is 18.8. The molecule has 1 aromatic rings. The van der Waals surface area contributed by atoms with Crippen molar-refractivity contribution in [2.24, 2.45) is 22.7 Å². The molecule has 44 heavy (non-hydrogen) atoms. The summed E-state index contributed by atoms with van der Waals surface area (Å²) in [6.07, 6.45) is 11.6. The number of ether oxygens (including phenoxy) is 3. The third-order valence-electron chi connectivity index (χ3n) is 9.68. The molecule has 0 radical (unpaired) electrons. The van der Waals surface area contributed by atoms with Crippen LogP contribution < -0.4 is 0 Å². The molecule has 9 atom stereocenters. The number of ketones is 1. The van der Waals surface area contributed by atoms with Crippen molar-refractivity contribution >= 4 is 46.7 Å². The normalized spacial score (nSPS) is 37.0. The van der Waals surface area contributed by atoms with Gasteiger partial charge in [0.1, 0.15) is 5.78 Å². The van der Waals surface area contributed by atoms with Crippen LogP contribution in [0.15, 0.2) is 29.8 Å². The number of carbonyl (C=O) groups excluding carboxylic acids is 3. The Morgan fingerprint density at radius 3 is 2.55 bits per heavy atom. The van der Waals surface area contributed by atoms with Crippen LogP contribution in [0.4, 0.5) is 4.79 Å². The fourth-order valence-corrected chi connectivity index (χ4v) is 7.44. The number of hydrogen-bond donors (Lipinski definition) is 1. The van der Waals surface area contributed by atoms with Crippen molar-refractivity contribution in [3.63, 3.8) is 0 Å². The molecule has 12 heteroatoms. The van der Waals surface area contributed by atoms with E-state index in [-0.39, 0.29) is 24.0 Å². The van der Waals surface area contributed by atoms with Gasteiger partial charge in [-0.15, -0.1) is 0 Å². The van der Waals surface area contributed by atoms with E-state index in [9.17, 15) is 19.5 Å². The molecule has 0 aromatic carbocycles. The van der Waals surface area contributed by atoms with Crippen molar-refractivity contribution in [1.29, 1.82) is 0 Å². The molecule has 1 N–H and O–H groups in total. The average molecular weight is 727 g/mol. The summed E-state index contributed by atoms with van der Waals surface area (Å²) in [5.41, 5.74) is -0.969. The lowest BCUT2D eigenvalue weighted by Gasteiger charge is -2.39. The van der Waals surface area contributed by atoms with Gasteiger partial charge in [0.2, 0.25) is 0 Å². The fourth-order valence-electron chi connectivity index (χ4n) is 6.69. The number of esters is 1. The maximum Gasteiger partial charge on any atom is 0.410 e. The number of aromatic nitrogens is 2. The van der Waals surface area contributed by atoms with Gasteiger partial charge in [0, 0.05) is 57.1 Å². The lowest BCUT2D eigenvalue weighted by atomic mass is 9.79. The number of imidazole rings is 1. The predicted octanol–water partition coefficient (Wildman–Crippen LogP) is 5.05. The third-order valence-corrected chi connectivity index (χ3v) is 11.2. The van der Waals surface area contributed by atoms with Gasteiger partial charge in [0.05, 0.1) is 35.7 Å². The molecule has 4 heterocycles. The van der Waals surface area contributed by atoms with E-state index in [0.717, 1.165) is 25.1 Å². The number of nitrogens with zero attached hydrogens (tertiary/aromatic N) is 4. The number of Topliss-reactive ketones (excluding diaryl/α,β-unsaturated/α-hetero) is 1. The van der Waals surface area contributed by atoms with Crippen molar-refractivity contribution in [3.05, 3.63) is 30.5 Å². The quantitative estimate of drug-likeness (QED) is 0.179. The molecule has 1 amide bonds. The number of methoxy groups -OCH3 is 1. The zero-order valence-corrected chi connectivity index (χ0v) is 28.8. The van der Waals surface area contributed by atoms with Crippen LogP contribution in [0, 0.1) is 17.8 Å². The van der Waals surface area contributed by atoms with E-state index in [2.05, 4.69) is 9.98 Å². The second-order valence-electron chi connectivity index (χ2n) is 13.1. The number of aliphatic hydroxyl groups is 1. The first-order chi connectivity index (χ1) is 20.8. The van der Waals surface area contributed by atoms with Crippen LogP contribution in [-0.2, 0) is 30.3 Å². The van der Waals surface area contributed by atoms with Crippen LogP contribution in [0.3, 0.4) is 0 Å². The third kappa shape index (κ3) is 7.55. The van der Waals surface area contributed by atoms with E-state index in [4.69, 9.17) is 14.2 Å². The Bertz CT molecular complexity index is 1250. The summed E-state index contributed by atoms with van der Waals surface area (Å²) in [6, 6.07) is -0.647. The van der Waals surface area contributed by atoms with Crippen LogP contribution in [0.1, 0.15) is 84.8 Å². The van der Waals surface area contributed by atoms with Gasteiger partial charge in [-0.05, 0) is 81.4 Å². The zero-order valence-electron chi connectivity index (χ0n) is 26.6. The molecule has 1 unspecified atom stereocenters. The van der Waals surface area contributed by atoms with Gasteiger partial charge in [-0.2, -0.15) is 0 Å². The predicted molar refractivity (Wildman–Crippen MR) is 174 cm³/mol. The second kappa shape index (κ2) is 14.4. The molecule has 4 rings (SSSR count). The van der Waals surface area contributed by atoms with Gasteiger partial charge < -0.3 is 28.8 Å². The second-order valence-corrected chi connectivity index (χ2v) is 14.2. The van der Waals surface area contributed by atoms with Crippen molar-refractivity contribution in [1.82, 2.24) is 14.5 Å². The first-order valence-corrected chi connectivity index (χ1v) is 16.8. The topological polar surface area (TPSA) is 133 Å². The smallest absolute Gasteiger partial charge is 0.410 e. The highest BCUT2D eigenvalue weighted by molar-refractivity contribution is 14.1. The number of aliphatic hydroxyl groups excluding tert-OH is 1. The Balaban J connectivity index is 1.50. The van der Waals surface area contributed by atoms with Gasteiger partial charge in [-0.3, -0.25) is 14.6 Å². The van der Waals surface area contributed by atoms with Crippen LogP contribution in [0.25, 0.3) is 0 Å². The van der Waals surface area contributed by atoms with E-state index in [0.29, 0.717) is 25.8 Å². The number of halogens is 1. The van der Waals surface area contributed by atoms with Crippen molar-refractivity contribution in [2.45, 2.75) is 113 Å². The Hall–Kier alpha value is -2.32. The van der Waals surface area contributed by atoms with Gasteiger partial charge in [0.25, 0.3) is 0 Å². The molecular weight excluding hydrogens is 679 g/mol. The Morgan fingerprint density at radius 2 is 1.86 bits per heavy atom. The molecule has 3 aliphatic rings. The Labute approximate surface area is 273 Å². The van der Waals surface area contributed by atoms with Crippen molar-refractivity contribution < 1.29 is 33.7 Å². The number of aliphatic imine (C=N–C) groups is 1. The summed E-state index contributed by atoms with van der Waals surface area (Å²) >= 11 is 1.98. The molecule has 0 bridgehead atoms. The number of hydrogen-bond acceptors (Lipinski definition) is 9. The fraction of sp³-hybridized carbons (Fsp3) is 0.719. The van der Waals surface area contributed by atoms with E-state index in [1.54, 1.807) is 32.1 Å². The summed E-state index contributed by atoms with van der Waals surface area (Å²) in [4.78, 5) is 50.7. The minimum atomic E-state index is -1.28. The molecule has 0 saturated carbocycles. The first-order valence-electron chi connectivity index (χ1n) is 15.6. The summed E-state index contributed by atoms with van der Waals surface area (Å²) in [6.45, 7) is 10.1. The van der Waals surface area contributed by atoms with Gasteiger partial charge in [-0.25, -0.2) is 9.78 Å². The largest absolute Gasteiger partial charge is 0.447 e. The summed E-state index contributed by atoms with van der Waals surface area (Å²) in [5, 5.41) is 11.0. The van der Waals surface area contributed by atoms with Gasteiger partial charge >= 0.3 is 12.1 Å². The highest BCUT2D eigenvalue weighted by Crippen LogP contribution is 2.42. The van der Waals surface area contributed by atoms with Crippen molar-refractivity contribution in [3.8, 4) is 0 Å². The lowest BCUT2D eigenvalue weighted by Crippen LogP contribution is -2.56. The number of amides is 1. The highest BCUT2D eigenvalue weighted by atomic mass is 127. The number of cyclic esters (lactones) is 1. The molecule has 2 fully saturated rings. The number of fused-ring (bicyclic) bond motifs is 1. The minimum absolute atomic E-state index is 0.0200. The highest BCUT2D eigenvalue weighted by Gasteiger charge is 2.59. The molecule has 1 aromatic heterocycles. The zero-order chi connectivity index (χ0) is 32.2. The van der Waals surface area contributed by atoms with Crippen LogP contribution in [0.5, 0.6) is 0 Å². The number of aryl methyl sites for hydroxylation is 1. The maximum atomic E-state index is 13.7. The van der Waals surface area contributed by atoms with Crippen LogP contribution >= 0.6 is 22.6 Å². The van der Waals surface area contributed by atoms with Gasteiger partial charge in [-0.1, -0.05) is 19.9 Å². The molecule has 0 aliphatic carbocycles. The van der Waals surface area contributed by atoms with E-state index in [1.807, 2.05) is 72.7 Å². The number of rotatable bonds is 7. The number of allylic oxidation sites excluding steroid dienone is 1. The van der Waals surface area contributed by atoms with Crippen LogP contribution in [-0.4, -0.2) is 84.7 Å². The molecule has 3 aliphatic heterocycles. The Kier molecular flexibility index (Phi) is 11.3. The molecule has 0 spiro atoms. The molecule has 244 valence electrons. The van der Waals surface area contributed by atoms with Crippen LogP contribution in [0.2, 0.25) is 0 Å². The lowest BCUT2D eigenvalue weighted by molar-refractivity contribution is -0.163. The number of alkyl halides is 1. The first kappa shape index (κ1) is 34.6. The number of carbonyl (C=O) groups is 3. The summed E-state index contributed by atoms with van der Waals surface area (Å²) in [5.74, 6) is -2.07.